The van der Waals surface area contributed by atoms with Crippen molar-refractivity contribution in [1.82, 2.24) is 15.0 Å². The normalized spacial score (nSPS) is 15.7. The second kappa shape index (κ2) is 9.75. The first-order valence-corrected chi connectivity index (χ1v) is 10.6. The minimum Gasteiger partial charge on any atom is -0.485 e. The fraction of sp³-hybridized carbons (Fsp3) is 0.375. The summed E-state index contributed by atoms with van der Waals surface area (Å²) in [4.78, 5) is 21.5. The van der Waals surface area contributed by atoms with Crippen molar-refractivity contribution in [2.24, 2.45) is 5.92 Å². The fourth-order valence-corrected chi connectivity index (χ4v) is 4.02. The third kappa shape index (κ3) is 5.49. The molecule has 7 nitrogen and oxygen atoms in total. The predicted octanol–water partition coefficient (Wildman–Crippen LogP) is 3.35. The standard InChI is InChI=1S/C24H28N4O3/c1-27(2)15-18-14-19-8-6-7-11-21(19)28(16-18)24(29)13-12-23-25-22(26-31-23)17-30-20-9-4-3-5-10-20/h3-11,18H,12-17H2,1-2H3. The summed E-state index contributed by atoms with van der Waals surface area (Å²) in [6, 6.07) is 17.7. The van der Waals surface area contributed by atoms with Crippen LogP contribution < -0.4 is 9.64 Å². The van der Waals surface area contributed by atoms with Crippen molar-refractivity contribution in [3.05, 3.63) is 71.9 Å². The molecule has 3 aromatic rings. The average Bonchev–Trinajstić information content (AvgIpc) is 3.23. The second-order valence-corrected chi connectivity index (χ2v) is 8.17. The van der Waals surface area contributed by atoms with Crippen LogP contribution in [0.4, 0.5) is 5.69 Å². The molecule has 0 radical (unpaired) electrons. The third-order valence-electron chi connectivity index (χ3n) is 5.33. The summed E-state index contributed by atoms with van der Waals surface area (Å²) in [5.41, 5.74) is 2.25. The summed E-state index contributed by atoms with van der Waals surface area (Å²) in [6.45, 7) is 1.91. The summed E-state index contributed by atoms with van der Waals surface area (Å²) in [6.07, 6.45) is 1.73. The molecule has 0 N–H and O–H groups in total. The van der Waals surface area contributed by atoms with Crippen LogP contribution in [0, 0.1) is 5.92 Å². The number of hydrogen-bond acceptors (Lipinski definition) is 6. The Labute approximate surface area is 182 Å². The van der Waals surface area contributed by atoms with Gasteiger partial charge >= 0.3 is 0 Å². The average molecular weight is 421 g/mol. The first-order valence-electron chi connectivity index (χ1n) is 10.6. The first-order chi connectivity index (χ1) is 15.1. The summed E-state index contributed by atoms with van der Waals surface area (Å²) in [5, 5.41) is 3.96. The molecule has 162 valence electrons. The van der Waals surface area contributed by atoms with Gasteiger partial charge in [-0.25, -0.2) is 0 Å². The number of nitrogens with zero attached hydrogens (tertiary/aromatic N) is 4. The summed E-state index contributed by atoms with van der Waals surface area (Å²) < 4.78 is 11.0. The van der Waals surface area contributed by atoms with Crippen LogP contribution in [0.25, 0.3) is 0 Å². The van der Waals surface area contributed by atoms with E-state index in [1.807, 2.05) is 53.4 Å². The molecule has 0 bridgehead atoms. The lowest BCUT2D eigenvalue weighted by molar-refractivity contribution is -0.118. The molecule has 2 aromatic carbocycles. The van der Waals surface area contributed by atoms with E-state index in [-0.39, 0.29) is 12.5 Å². The van der Waals surface area contributed by atoms with Crippen LogP contribution >= 0.6 is 0 Å². The molecule has 2 heterocycles. The fourth-order valence-electron chi connectivity index (χ4n) is 4.02. The highest BCUT2D eigenvalue weighted by molar-refractivity contribution is 5.94. The monoisotopic (exact) mass is 420 g/mol. The summed E-state index contributed by atoms with van der Waals surface area (Å²) in [7, 11) is 4.14. The van der Waals surface area contributed by atoms with Crippen molar-refractivity contribution in [3.63, 3.8) is 0 Å². The van der Waals surface area contributed by atoms with Crippen LogP contribution in [-0.2, 0) is 24.2 Å². The quantitative estimate of drug-likeness (QED) is 0.557. The number of carbonyl (C=O) groups is 1. The molecule has 0 saturated carbocycles. The number of hydrogen-bond donors (Lipinski definition) is 0. The number of carbonyl (C=O) groups excluding carboxylic acids is 1. The molecule has 1 aliphatic rings. The molecule has 0 spiro atoms. The van der Waals surface area contributed by atoms with Gasteiger partial charge in [-0.2, -0.15) is 4.98 Å². The maximum absolute atomic E-state index is 13.1. The van der Waals surface area contributed by atoms with Crippen LogP contribution in [0.15, 0.2) is 59.1 Å². The lowest BCUT2D eigenvalue weighted by atomic mass is 9.91. The van der Waals surface area contributed by atoms with E-state index in [0.717, 1.165) is 30.9 Å². The highest BCUT2D eigenvalue weighted by Crippen LogP contribution is 2.30. The van der Waals surface area contributed by atoms with Gasteiger partial charge in [0, 0.05) is 31.6 Å². The molecule has 1 unspecified atom stereocenters. The molecular formula is C24H28N4O3. The minimum absolute atomic E-state index is 0.0798. The number of fused-ring (bicyclic) bond motifs is 1. The van der Waals surface area contributed by atoms with Crippen molar-refractivity contribution < 1.29 is 14.1 Å². The Hall–Kier alpha value is -3.19. The van der Waals surface area contributed by atoms with Crippen LogP contribution in [0.5, 0.6) is 5.75 Å². The Morgan fingerprint density at radius 1 is 1.16 bits per heavy atom. The van der Waals surface area contributed by atoms with E-state index in [9.17, 15) is 4.79 Å². The molecular weight excluding hydrogens is 392 g/mol. The predicted molar refractivity (Wildman–Crippen MR) is 118 cm³/mol. The summed E-state index contributed by atoms with van der Waals surface area (Å²) >= 11 is 0. The first kappa shape index (κ1) is 21.1. The SMILES string of the molecule is CN(C)CC1Cc2ccccc2N(C(=O)CCc2nc(COc3ccccc3)no2)C1. The Balaban J connectivity index is 1.35. The van der Waals surface area contributed by atoms with Gasteiger partial charge in [-0.3, -0.25) is 4.79 Å². The Morgan fingerprint density at radius 2 is 1.94 bits per heavy atom. The molecule has 0 fully saturated rings. The Bertz CT molecular complexity index is 1000. The van der Waals surface area contributed by atoms with Crippen molar-refractivity contribution in [2.75, 3.05) is 32.1 Å². The number of rotatable bonds is 8. The van der Waals surface area contributed by atoms with Gasteiger partial charge in [0.25, 0.3) is 0 Å². The molecule has 0 saturated heterocycles. The van der Waals surface area contributed by atoms with Gasteiger partial charge in [-0.05, 0) is 50.2 Å². The molecule has 4 rings (SSSR count). The van der Waals surface area contributed by atoms with Crippen LogP contribution in [-0.4, -0.2) is 48.1 Å². The van der Waals surface area contributed by atoms with Gasteiger partial charge in [0.05, 0.1) is 0 Å². The molecule has 1 aromatic heterocycles. The lowest BCUT2D eigenvalue weighted by Gasteiger charge is -2.35. The number of amides is 1. The third-order valence-corrected chi connectivity index (χ3v) is 5.33. The zero-order valence-corrected chi connectivity index (χ0v) is 18.0. The second-order valence-electron chi connectivity index (χ2n) is 8.17. The molecule has 1 amide bonds. The van der Waals surface area contributed by atoms with Crippen molar-refractivity contribution in [3.8, 4) is 5.75 Å². The molecule has 0 aliphatic carbocycles. The van der Waals surface area contributed by atoms with E-state index in [4.69, 9.17) is 9.26 Å². The Morgan fingerprint density at radius 3 is 2.74 bits per heavy atom. The molecule has 1 atom stereocenters. The highest BCUT2D eigenvalue weighted by Gasteiger charge is 2.28. The smallest absolute Gasteiger partial charge is 0.227 e. The van der Waals surface area contributed by atoms with Crippen molar-refractivity contribution >= 4 is 11.6 Å². The molecule has 7 heteroatoms. The zero-order chi connectivity index (χ0) is 21.6. The lowest BCUT2D eigenvalue weighted by Crippen LogP contribution is -2.43. The van der Waals surface area contributed by atoms with E-state index < -0.39 is 0 Å². The van der Waals surface area contributed by atoms with Gasteiger partial charge in [0.1, 0.15) is 5.75 Å². The van der Waals surface area contributed by atoms with E-state index in [0.29, 0.717) is 30.5 Å². The minimum atomic E-state index is 0.0798. The van der Waals surface area contributed by atoms with Crippen molar-refractivity contribution in [2.45, 2.75) is 25.9 Å². The number of aryl methyl sites for hydroxylation is 1. The number of benzene rings is 2. The Kier molecular flexibility index (Phi) is 6.62. The van der Waals surface area contributed by atoms with Gasteiger partial charge in [-0.15, -0.1) is 0 Å². The van der Waals surface area contributed by atoms with Crippen molar-refractivity contribution in [1.29, 1.82) is 0 Å². The number of ether oxygens (including phenoxy) is 1. The van der Waals surface area contributed by atoms with Gasteiger partial charge in [0.2, 0.25) is 17.6 Å². The highest BCUT2D eigenvalue weighted by atomic mass is 16.5. The molecule has 1 aliphatic heterocycles. The largest absolute Gasteiger partial charge is 0.485 e. The van der Waals surface area contributed by atoms with Crippen LogP contribution in [0.1, 0.15) is 23.7 Å². The van der Waals surface area contributed by atoms with Gasteiger partial charge in [-0.1, -0.05) is 41.6 Å². The van der Waals surface area contributed by atoms with E-state index in [1.54, 1.807) is 0 Å². The van der Waals surface area contributed by atoms with Gasteiger partial charge in [0.15, 0.2) is 6.61 Å². The van der Waals surface area contributed by atoms with E-state index in [1.165, 1.54) is 5.56 Å². The van der Waals surface area contributed by atoms with Gasteiger partial charge < -0.3 is 19.1 Å². The van der Waals surface area contributed by atoms with E-state index >= 15 is 0 Å². The number of anilines is 1. The maximum Gasteiger partial charge on any atom is 0.227 e. The van der Waals surface area contributed by atoms with Crippen LogP contribution in [0.2, 0.25) is 0 Å². The summed E-state index contributed by atoms with van der Waals surface area (Å²) in [5.74, 6) is 2.17. The maximum atomic E-state index is 13.1. The molecule has 31 heavy (non-hydrogen) atoms. The number of para-hydroxylation sites is 2. The van der Waals surface area contributed by atoms with Crippen LogP contribution in [0.3, 0.4) is 0 Å². The zero-order valence-electron chi connectivity index (χ0n) is 18.0. The van der Waals surface area contributed by atoms with E-state index in [2.05, 4.69) is 35.2 Å². The topological polar surface area (TPSA) is 71.7 Å². The number of aromatic nitrogens is 2.